The van der Waals surface area contributed by atoms with E-state index in [1.165, 1.54) is 29.0 Å². The van der Waals surface area contributed by atoms with Gasteiger partial charge in [0.05, 0.1) is 12.8 Å². The predicted octanol–water partition coefficient (Wildman–Crippen LogP) is 3.94. The number of benzene rings is 1. The number of thiazole rings is 1. The highest BCUT2D eigenvalue weighted by Crippen LogP contribution is 2.32. The molecule has 0 spiro atoms. The minimum atomic E-state index is 0.739. The van der Waals surface area contributed by atoms with Crippen molar-refractivity contribution in [1.82, 2.24) is 10.3 Å². The van der Waals surface area contributed by atoms with Crippen LogP contribution >= 0.6 is 11.3 Å². The Bertz CT molecular complexity index is 632. The summed E-state index contributed by atoms with van der Waals surface area (Å²) >= 11 is 1.81. The second-order valence-electron chi connectivity index (χ2n) is 5.58. The highest BCUT2D eigenvalue weighted by Gasteiger charge is 2.21. The summed E-state index contributed by atoms with van der Waals surface area (Å²) in [5.41, 5.74) is 3.57. The molecule has 1 aromatic heterocycles. The van der Waals surface area contributed by atoms with E-state index in [1.807, 2.05) is 17.4 Å². The Hall–Kier alpha value is -1.39. The number of nitrogens with one attached hydrogen (secondary N) is 1. The van der Waals surface area contributed by atoms with Crippen molar-refractivity contribution in [3.8, 4) is 16.3 Å². The summed E-state index contributed by atoms with van der Waals surface area (Å²) in [6.07, 6.45) is 3.64. The molecule has 0 aliphatic heterocycles. The summed E-state index contributed by atoms with van der Waals surface area (Å²) < 4.78 is 5.33. The van der Waals surface area contributed by atoms with E-state index in [1.54, 1.807) is 7.11 Å². The number of rotatable bonds is 6. The molecule has 21 heavy (non-hydrogen) atoms. The van der Waals surface area contributed by atoms with Gasteiger partial charge in [0, 0.05) is 23.0 Å². The minimum absolute atomic E-state index is 0.739. The highest BCUT2D eigenvalue weighted by molar-refractivity contribution is 7.15. The molecule has 1 heterocycles. The molecule has 0 amide bonds. The normalized spacial score (nSPS) is 14.4. The van der Waals surface area contributed by atoms with Gasteiger partial charge in [-0.3, -0.25) is 0 Å². The van der Waals surface area contributed by atoms with Gasteiger partial charge < -0.3 is 10.1 Å². The minimum Gasteiger partial charge on any atom is -0.496 e. The van der Waals surface area contributed by atoms with Crippen molar-refractivity contribution in [3.05, 3.63) is 34.3 Å². The lowest BCUT2D eigenvalue weighted by molar-refractivity contribution is 0.412. The zero-order chi connectivity index (χ0) is 14.8. The molecule has 0 unspecified atom stereocenters. The van der Waals surface area contributed by atoms with Crippen LogP contribution in [-0.2, 0) is 13.0 Å². The van der Waals surface area contributed by atoms with Crippen molar-refractivity contribution < 1.29 is 4.74 Å². The molecule has 0 atom stereocenters. The van der Waals surface area contributed by atoms with Crippen LogP contribution in [-0.4, -0.2) is 18.1 Å². The van der Waals surface area contributed by atoms with Crippen LogP contribution in [0.15, 0.2) is 18.2 Å². The topological polar surface area (TPSA) is 34.1 Å². The van der Waals surface area contributed by atoms with Gasteiger partial charge >= 0.3 is 0 Å². The Labute approximate surface area is 130 Å². The Morgan fingerprint density at radius 3 is 2.81 bits per heavy atom. The Morgan fingerprint density at radius 1 is 1.38 bits per heavy atom. The van der Waals surface area contributed by atoms with E-state index in [9.17, 15) is 0 Å². The predicted molar refractivity (Wildman–Crippen MR) is 88.1 cm³/mol. The third-order valence-electron chi connectivity index (χ3n) is 3.88. The molecule has 4 heteroatoms. The number of aryl methyl sites for hydroxylation is 2. The average Bonchev–Trinajstić information content (AvgIpc) is 3.23. The van der Waals surface area contributed by atoms with E-state index in [0.717, 1.165) is 35.3 Å². The van der Waals surface area contributed by atoms with Crippen molar-refractivity contribution in [1.29, 1.82) is 0 Å². The van der Waals surface area contributed by atoms with Crippen molar-refractivity contribution in [3.63, 3.8) is 0 Å². The lowest BCUT2D eigenvalue weighted by atomic mass is 10.1. The van der Waals surface area contributed by atoms with E-state index in [2.05, 4.69) is 31.3 Å². The maximum absolute atomic E-state index is 5.33. The van der Waals surface area contributed by atoms with Crippen LogP contribution in [0.4, 0.5) is 0 Å². The summed E-state index contributed by atoms with van der Waals surface area (Å²) in [4.78, 5) is 6.21. The van der Waals surface area contributed by atoms with Crippen LogP contribution in [0.1, 0.15) is 35.9 Å². The maximum Gasteiger partial charge on any atom is 0.123 e. The number of aromatic nitrogens is 1. The highest BCUT2D eigenvalue weighted by atomic mass is 32.1. The van der Waals surface area contributed by atoms with Gasteiger partial charge in [-0.15, -0.1) is 11.3 Å². The Balaban J connectivity index is 1.85. The second kappa shape index (κ2) is 6.16. The molecular weight excluding hydrogens is 280 g/mol. The molecule has 112 valence electrons. The zero-order valence-electron chi connectivity index (χ0n) is 12.9. The van der Waals surface area contributed by atoms with Gasteiger partial charge in [-0.1, -0.05) is 6.92 Å². The molecule has 1 saturated carbocycles. The fraction of sp³-hybridized carbons (Fsp3) is 0.471. The van der Waals surface area contributed by atoms with E-state index >= 15 is 0 Å². The van der Waals surface area contributed by atoms with Crippen LogP contribution in [0.2, 0.25) is 0 Å². The van der Waals surface area contributed by atoms with Crippen molar-refractivity contribution in [2.45, 2.75) is 45.7 Å². The quantitative estimate of drug-likeness (QED) is 0.877. The van der Waals surface area contributed by atoms with E-state index < -0.39 is 0 Å². The molecule has 0 bridgehead atoms. The lowest BCUT2D eigenvalue weighted by Crippen LogP contribution is -2.15. The molecule has 1 aliphatic carbocycles. The average molecular weight is 302 g/mol. The second-order valence-corrected chi connectivity index (χ2v) is 6.67. The molecular formula is C17H22N2OS. The molecule has 1 N–H and O–H groups in total. The van der Waals surface area contributed by atoms with E-state index in [0.29, 0.717) is 0 Å². The van der Waals surface area contributed by atoms with Gasteiger partial charge in [0.2, 0.25) is 0 Å². The molecule has 3 nitrogen and oxygen atoms in total. The summed E-state index contributed by atoms with van der Waals surface area (Å²) in [6.45, 7) is 5.21. The third kappa shape index (κ3) is 3.27. The fourth-order valence-electron chi connectivity index (χ4n) is 2.46. The van der Waals surface area contributed by atoms with Crippen LogP contribution in [0.5, 0.6) is 5.75 Å². The first-order chi connectivity index (χ1) is 10.2. The number of ether oxygens (including phenoxy) is 1. The standard InChI is InChI=1S/C17H22N2OS/c1-4-14-16(10-18-13-6-7-13)21-17(19-14)12-5-8-15(20-3)11(2)9-12/h5,8-9,13,18H,4,6-7,10H2,1-3H3. The lowest BCUT2D eigenvalue weighted by Gasteiger charge is -2.05. The molecule has 0 saturated heterocycles. The van der Waals surface area contributed by atoms with E-state index in [4.69, 9.17) is 9.72 Å². The first-order valence-corrected chi connectivity index (χ1v) is 8.40. The summed E-state index contributed by atoms with van der Waals surface area (Å²) in [6, 6.07) is 7.03. The molecule has 2 aromatic rings. The van der Waals surface area contributed by atoms with Crippen LogP contribution < -0.4 is 10.1 Å². The van der Waals surface area contributed by atoms with Gasteiger partial charge in [-0.05, 0) is 49.9 Å². The molecule has 3 rings (SSSR count). The van der Waals surface area contributed by atoms with Crippen molar-refractivity contribution in [2.24, 2.45) is 0 Å². The first-order valence-electron chi connectivity index (χ1n) is 7.58. The summed E-state index contributed by atoms with van der Waals surface area (Å²) in [5.74, 6) is 0.932. The van der Waals surface area contributed by atoms with Gasteiger partial charge in [0.25, 0.3) is 0 Å². The SMILES string of the molecule is CCc1nc(-c2ccc(OC)c(C)c2)sc1CNC1CC1. The van der Waals surface area contributed by atoms with Gasteiger partial charge in [0.15, 0.2) is 0 Å². The number of methoxy groups -OCH3 is 1. The molecule has 1 fully saturated rings. The fourth-order valence-corrected chi connectivity index (χ4v) is 3.55. The number of hydrogen-bond acceptors (Lipinski definition) is 4. The van der Waals surface area contributed by atoms with E-state index in [-0.39, 0.29) is 0 Å². The van der Waals surface area contributed by atoms with Crippen LogP contribution in [0.25, 0.3) is 10.6 Å². The zero-order valence-corrected chi connectivity index (χ0v) is 13.7. The summed E-state index contributed by atoms with van der Waals surface area (Å²) in [5, 5.41) is 4.71. The van der Waals surface area contributed by atoms with Gasteiger partial charge in [0.1, 0.15) is 10.8 Å². The largest absolute Gasteiger partial charge is 0.496 e. The Kier molecular flexibility index (Phi) is 4.27. The van der Waals surface area contributed by atoms with Gasteiger partial charge in [-0.2, -0.15) is 0 Å². The third-order valence-corrected chi connectivity index (χ3v) is 5.03. The smallest absolute Gasteiger partial charge is 0.123 e. The monoisotopic (exact) mass is 302 g/mol. The van der Waals surface area contributed by atoms with Crippen LogP contribution in [0.3, 0.4) is 0 Å². The Morgan fingerprint density at radius 2 is 2.19 bits per heavy atom. The number of hydrogen-bond donors (Lipinski definition) is 1. The molecule has 0 radical (unpaired) electrons. The van der Waals surface area contributed by atoms with Crippen molar-refractivity contribution in [2.75, 3.05) is 7.11 Å². The first kappa shape index (κ1) is 14.5. The summed E-state index contributed by atoms with van der Waals surface area (Å²) in [7, 11) is 1.71. The van der Waals surface area contributed by atoms with Crippen molar-refractivity contribution >= 4 is 11.3 Å². The molecule has 1 aliphatic rings. The molecule has 1 aromatic carbocycles. The van der Waals surface area contributed by atoms with Gasteiger partial charge in [-0.25, -0.2) is 4.98 Å². The van der Waals surface area contributed by atoms with Crippen LogP contribution in [0, 0.1) is 6.92 Å². The number of nitrogens with zero attached hydrogens (tertiary/aromatic N) is 1. The maximum atomic E-state index is 5.33.